The van der Waals surface area contributed by atoms with Crippen LogP contribution >= 0.6 is 0 Å². The monoisotopic (exact) mass is 353 g/mol. The van der Waals surface area contributed by atoms with Gasteiger partial charge in [-0.1, -0.05) is 78.9 Å². The SMILES string of the molecule is O=C(OCc1ccccc1-c1ccc(-c2ccccc2)cc1)c1ccc[nH]1. The van der Waals surface area contributed by atoms with Crippen molar-refractivity contribution in [3.05, 3.63) is 108 Å². The molecule has 0 fully saturated rings. The normalized spacial score (nSPS) is 10.5. The summed E-state index contributed by atoms with van der Waals surface area (Å²) in [5.41, 5.74) is 5.97. The molecule has 3 heteroatoms. The molecule has 0 aliphatic rings. The molecule has 0 saturated heterocycles. The summed E-state index contributed by atoms with van der Waals surface area (Å²) >= 11 is 0. The molecular weight excluding hydrogens is 334 g/mol. The number of rotatable bonds is 5. The highest BCUT2D eigenvalue weighted by molar-refractivity contribution is 5.87. The molecule has 132 valence electrons. The molecule has 1 aromatic heterocycles. The molecule has 0 saturated carbocycles. The van der Waals surface area contributed by atoms with E-state index < -0.39 is 0 Å². The van der Waals surface area contributed by atoms with Gasteiger partial charge in [0.2, 0.25) is 0 Å². The van der Waals surface area contributed by atoms with Gasteiger partial charge in [0.25, 0.3) is 0 Å². The lowest BCUT2D eigenvalue weighted by atomic mass is 9.97. The van der Waals surface area contributed by atoms with Gasteiger partial charge in [0, 0.05) is 6.20 Å². The molecule has 4 aromatic rings. The quantitative estimate of drug-likeness (QED) is 0.467. The largest absolute Gasteiger partial charge is 0.456 e. The van der Waals surface area contributed by atoms with E-state index in [0.717, 1.165) is 16.7 Å². The zero-order chi connectivity index (χ0) is 18.5. The Morgan fingerprint density at radius 2 is 1.37 bits per heavy atom. The minimum absolute atomic E-state index is 0.231. The van der Waals surface area contributed by atoms with Gasteiger partial charge in [-0.3, -0.25) is 0 Å². The number of aromatic nitrogens is 1. The second-order valence-corrected chi connectivity index (χ2v) is 6.26. The molecular formula is C24H19NO2. The summed E-state index contributed by atoms with van der Waals surface area (Å²) in [6, 6.07) is 30.2. The standard InChI is InChI=1S/C24H19NO2/c26-24(23-11-6-16-25-23)27-17-21-9-4-5-10-22(21)20-14-12-19(13-15-20)18-7-2-1-3-8-18/h1-16,25H,17H2. The summed E-state index contributed by atoms with van der Waals surface area (Å²) in [6.45, 7) is 0.231. The van der Waals surface area contributed by atoms with Gasteiger partial charge in [0.15, 0.2) is 0 Å². The third kappa shape index (κ3) is 3.82. The number of esters is 1. The first kappa shape index (κ1) is 16.9. The van der Waals surface area contributed by atoms with E-state index in [-0.39, 0.29) is 12.6 Å². The van der Waals surface area contributed by atoms with E-state index >= 15 is 0 Å². The summed E-state index contributed by atoms with van der Waals surface area (Å²) in [6.07, 6.45) is 1.71. The molecule has 0 radical (unpaired) electrons. The van der Waals surface area contributed by atoms with Gasteiger partial charge in [-0.05, 0) is 39.9 Å². The number of nitrogens with one attached hydrogen (secondary N) is 1. The Morgan fingerprint density at radius 1 is 0.704 bits per heavy atom. The van der Waals surface area contributed by atoms with Gasteiger partial charge in [0.1, 0.15) is 12.3 Å². The minimum Gasteiger partial charge on any atom is -0.456 e. The minimum atomic E-state index is -0.353. The van der Waals surface area contributed by atoms with Gasteiger partial charge in [0.05, 0.1) is 0 Å². The highest BCUT2D eigenvalue weighted by Gasteiger charge is 2.10. The molecule has 0 bridgehead atoms. The zero-order valence-electron chi connectivity index (χ0n) is 14.8. The van der Waals surface area contributed by atoms with Crippen LogP contribution in [0.1, 0.15) is 16.1 Å². The van der Waals surface area contributed by atoms with Gasteiger partial charge in [-0.25, -0.2) is 4.79 Å². The molecule has 1 N–H and O–H groups in total. The molecule has 27 heavy (non-hydrogen) atoms. The molecule has 0 aliphatic heterocycles. The fourth-order valence-corrected chi connectivity index (χ4v) is 3.08. The van der Waals surface area contributed by atoms with Crippen molar-refractivity contribution in [1.29, 1.82) is 0 Å². The molecule has 0 aliphatic carbocycles. The van der Waals surface area contributed by atoms with Crippen LogP contribution in [0.3, 0.4) is 0 Å². The van der Waals surface area contributed by atoms with Gasteiger partial charge >= 0.3 is 5.97 Å². The second-order valence-electron chi connectivity index (χ2n) is 6.26. The van der Waals surface area contributed by atoms with Crippen molar-refractivity contribution in [2.24, 2.45) is 0 Å². The molecule has 3 aromatic carbocycles. The maximum Gasteiger partial charge on any atom is 0.355 e. The molecule has 1 heterocycles. The Bertz CT molecular complexity index is 1020. The number of aromatic amines is 1. The number of benzene rings is 3. The fraction of sp³-hybridized carbons (Fsp3) is 0.0417. The van der Waals surface area contributed by atoms with E-state index in [2.05, 4.69) is 47.4 Å². The maximum atomic E-state index is 12.1. The van der Waals surface area contributed by atoms with Crippen molar-refractivity contribution in [2.75, 3.05) is 0 Å². The van der Waals surface area contributed by atoms with E-state index in [1.165, 1.54) is 11.1 Å². The number of hydrogen-bond donors (Lipinski definition) is 1. The predicted molar refractivity (Wildman–Crippen MR) is 107 cm³/mol. The fourth-order valence-electron chi connectivity index (χ4n) is 3.08. The van der Waals surface area contributed by atoms with Crippen molar-refractivity contribution >= 4 is 5.97 Å². The summed E-state index contributed by atoms with van der Waals surface area (Å²) < 4.78 is 5.46. The topological polar surface area (TPSA) is 42.1 Å². The number of carbonyl (C=O) groups excluding carboxylic acids is 1. The number of ether oxygens (including phenoxy) is 1. The van der Waals surface area contributed by atoms with E-state index in [1.807, 2.05) is 36.4 Å². The van der Waals surface area contributed by atoms with Gasteiger partial charge in [-0.2, -0.15) is 0 Å². The third-order valence-corrected chi connectivity index (χ3v) is 4.50. The van der Waals surface area contributed by atoms with Crippen LogP contribution < -0.4 is 0 Å². The van der Waals surface area contributed by atoms with Crippen LogP contribution in [0, 0.1) is 0 Å². The van der Waals surface area contributed by atoms with E-state index in [9.17, 15) is 4.79 Å². The smallest absolute Gasteiger partial charge is 0.355 e. The number of carbonyl (C=O) groups is 1. The molecule has 4 rings (SSSR count). The Kier molecular flexibility index (Phi) is 4.84. The average Bonchev–Trinajstić information content (AvgIpc) is 3.28. The van der Waals surface area contributed by atoms with Crippen LogP contribution in [0.5, 0.6) is 0 Å². The van der Waals surface area contributed by atoms with Crippen LogP contribution in [-0.2, 0) is 11.3 Å². The predicted octanol–water partition coefficient (Wildman–Crippen LogP) is 5.71. The van der Waals surface area contributed by atoms with E-state index in [1.54, 1.807) is 18.3 Å². The van der Waals surface area contributed by atoms with Crippen molar-refractivity contribution < 1.29 is 9.53 Å². The van der Waals surface area contributed by atoms with Gasteiger partial charge in [-0.15, -0.1) is 0 Å². The van der Waals surface area contributed by atoms with Crippen LogP contribution in [0.15, 0.2) is 97.2 Å². The molecule has 0 unspecified atom stereocenters. The second kappa shape index (κ2) is 7.75. The number of hydrogen-bond acceptors (Lipinski definition) is 2. The average molecular weight is 353 g/mol. The third-order valence-electron chi connectivity index (χ3n) is 4.50. The van der Waals surface area contributed by atoms with Gasteiger partial charge < -0.3 is 9.72 Å². The Balaban J connectivity index is 1.55. The Hall–Kier alpha value is -3.59. The number of H-pyrrole nitrogens is 1. The molecule has 0 spiro atoms. The van der Waals surface area contributed by atoms with Crippen LogP contribution in [0.25, 0.3) is 22.3 Å². The first-order chi connectivity index (χ1) is 13.3. The highest BCUT2D eigenvalue weighted by atomic mass is 16.5. The van der Waals surface area contributed by atoms with Crippen LogP contribution in [0.2, 0.25) is 0 Å². The van der Waals surface area contributed by atoms with Crippen molar-refractivity contribution in [1.82, 2.24) is 4.98 Å². The van der Waals surface area contributed by atoms with Crippen LogP contribution in [-0.4, -0.2) is 11.0 Å². The first-order valence-corrected chi connectivity index (χ1v) is 8.85. The molecule has 0 atom stereocenters. The van der Waals surface area contributed by atoms with E-state index in [0.29, 0.717) is 5.69 Å². The van der Waals surface area contributed by atoms with Crippen molar-refractivity contribution in [3.8, 4) is 22.3 Å². The summed E-state index contributed by atoms with van der Waals surface area (Å²) in [5, 5.41) is 0. The Labute approximate surface area is 158 Å². The first-order valence-electron chi connectivity index (χ1n) is 8.85. The lowest BCUT2D eigenvalue weighted by molar-refractivity contribution is 0.0467. The highest BCUT2D eigenvalue weighted by Crippen LogP contribution is 2.27. The summed E-state index contributed by atoms with van der Waals surface area (Å²) in [5.74, 6) is -0.353. The molecule has 3 nitrogen and oxygen atoms in total. The lowest BCUT2D eigenvalue weighted by Crippen LogP contribution is -2.06. The molecule has 0 amide bonds. The van der Waals surface area contributed by atoms with E-state index in [4.69, 9.17) is 4.74 Å². The summed E-state index contributed by atoms with van der Waals surface area (Å²) in [7, 11) is 0. The van der Waals surface area contributed by atoms with Crippen LogP contribution in [0.4, 0.5) is 0 Å². The van der Waals surface area contributed by atoms with Crippen molar-refractivity contribution in [2.45, 2.75) is 6.61 Å². The zero-order valence-corrected chi connectivity index (χ0v) is 14.8. The maximum absolute atomic E-state index is 12.1. The van der Waals surface area contributed by atoms with Crippen molar-refractivity contribution in [3.63, 3.8) is 0 Å². The summed E-state index contributed by atoms with van der Waals surface area (Å²) in [4.78, 5) is 14.9. The Morgan fingerprint density at radius 3 is 2.11 bits per heavy atom. The lowest BCUT2D eigenvalue weighted by Gasteiger charge is -2.11.